The molecule has 2 heterocycles. The number of amides is 3. The van der Waals surface area contributed by atoms with E-state index in [1.807, 2.05) is 6.07 Å². The minimum atomic E-state index is -3.25. The fourth-order valence-electron chi connectivity index (χ4n) is 3.26. The first-order valence-corrected chi connectivity index (χ1v) is 10.8. The fraction of sp³-hybridized carbons (Fsp3) is 0.0476. The van der Waals surface area contributed by atoms with Gasteiger partial charge in [-0.05, 0) is 53.6 Å². The van der Waals surface area contributed by atoms with Crippen LogP contribution in [0.15, 0.2) is 59.6 Å². The molecule has 1 aliphatic rings. The lowest BCUT2D eigenvalue weighted by molar-refractivity contribution is -0.110. The molecule has 0 bridgehead atoms. The summed E-state index contributed by atoms with van der Waals surface area (Å²) in [6.45, 7) is 0. The highest BCUT2D eigenvalue weighted by Crippen LogP contribution is 2.35. The summed E-state index contributed by atoms with van der Waals surface area (Å²) in [5.41, 5.74) is 9.78. The minimum Gasteiger partial charge on any atom is -0.361 e. The molecule has 0 saturated carbocycles. The third-order valence-corrected chi connectivity index (χ3v) is 5.82. The van der Waals surface area contributed by atoms with Crippen LogP contribution in [-0.2, 0) is 14.6 Å². The van der Waals surface area contributed by atoms with Gasteiger partial charge >= 0.3 is 6.03 Å². The van der Waals surface area contributed by atoms with Crippen molar-refractivity contribution in [2.75, 3.05) is 16.9 Å². The lowest BCUT2D eigenvalue weighted by Gasteiger charge is -2.04. The number of H-pyrrole nitrogens is 1. The molecule has 0 atom stereocenters. The summed E-state index contributed by atoms with van der Waals surface area (Å²) in [7, 11) is -3.25. The number of hydrogen-bond donors (Lipinski definition) is 4. The van der Waals surface area contributed by atoms with E-state index in [2.05, 4.69) is 15.6 Å². The summed E-state index contributed by atoms with van der Waals surface area (Å²) >= 11 is 0. The van der Waals surface area contributed by atoms with Crippen LogP contribution in [0, 0.1) is 0 Å². The van der Waals surface area contributed by atoms with Crippen molar-refractivity contribution in [3.05, 3.63) is 66.0 Å². The molecule has 3 aromatic rings. The molecule has 1 aliphatic heterocycles. The molecule has 9 heteroatoms. The Hall–Kier alpha value is -3.85. The summed E-state index contributed by atoms with van der Waals surface area (Å²) in [6, 6.07) is 12.8. The predicted octanol–water partition coefficient (Wildman–Crippen LogP) is 3.07. The molecule has 1 aromatic heterocycles. The fourth-order valence-corrected chi connectivity index (χ4v) is 3.89. The molecule has 3 amide bonds. The topological polar surface area (TPSA) is 134 Å². The number of sulfone groups is 1. The van der Waals surface area contributed by atoms with Crippen molar-refractivity contribution in [2.45, 2.75) is 4.90 Å². The van der Waals surface area contributed by atoms with Gasteiger partial charge < -0.3 is 21.4 Å². The van der Waals surface area contributed by atoms with Gasteiger partial charge in [0.1, 0.15) is 0 Å². The van der Waals surface area contributed by atoms with Crippen LogP contribution in [0.5, 0.6) is 0 Å². The number of urea groups is 1. The molecular weight excluding hydrogens is 404 g/mol. The number of nitrogens with two attached hydrogens (primary N) is 1. The van der Waals surface area contributed by atoms with Crippen molar-refractivity contribution in [3.8, 4) is 11.1 Å². The highest BCUT2D eigenvalue weighted by atomic mass is 32.2. The Morgan fingerprint density at radius 3 is 2.47 bits per heavy atom. The molecule has 0 saturated heterocycles. The number of aromatic amines is 1. The second-order valence-corrected chi connectivity index (χ2v) is 8.92. The highest BCUT2D eigenvalue weighted by molar-refractivity contribution is 7.90. The van der Waals surface area contributed by atoms with Gasteiger partial charge in [0.2, 0.25) is 0 Å². The van der Waals surface area contributed by atoms with Gasteiger partial charge in [-0.1, -0.05) is 12.1 Å². The Balaban J connectivity index is 1.65. The molecule has 4 rings (SSSR count). The van der Waals surface area contributed by atoms with E-state index in [1.165, 1.54) is 0 Å². The number of rotatable bonds is 4. The van der Waals surface area contributed by atoms with Crippen molar-refractivity contribution < 1.29 is 18.0 Å². The molecule has 0 spiro atoms. The van der Waals surface area contributed by atoms with Gasteiger partial charge in [-0.25, -0.2) is 13.2 Å². The van der Waals surface area contributed by atoms with Gasteiger partial charge in [0, 0.05) is 35.1 Å². The van der Waals surface area contributed by atoms with E-state index in [4.69, 9.17) is 5.73 Å². The average Bonchev–Trinajstić information content (AvgIpc) is 3.26. The quantitative estimate of drug-likeness (QED) is 0.481. The van der Waals surface area contributed by atoms with E-state index in [0.717, 1.165) is 17.4 Å². The number of benzene rings is 2. The van der Waals surface area contributed by atoms with Gasteiger partial charge in [0.05, 0.1) is 10.5 Å². The van der Waals surface area contributed by atoms with Crippen LogP contribution in [0.4, 0.5) is 16.2 Å². The minimum absolute atomic E-state index is 0.253. The monoisotopic (exact) mass is 422 g/mol. The number of hydrogen-bond acceptors (Lipinski definition) is 4. The van der Waals surface area contributed by atoms with Crippen LogP contribution in [-0.4, -0.2) is 31.6 Å². The summed E-state index contributed by atoms with van der Waals surface area (Å²) < 4.78 is 23.2. The third-order valence-electron chi connectivity index (χ3n) is 4.69. The maximum atomic E-state index is 12.4. The van der Waals surface area contributed by atoms with E-state index < -0.39 is 15.9 Å². The predicted molar refractivity (Wildman–Crippen MR) is 115 cm³/mol. The molecule has 0 radical (unpaired) electrons. The first-order chi connectivity index (χ1) is 14.2. The Morgan fingerprint density at radius 2 is 1.80 bits per heavy atom. The Kier molecular flexibility index (Phi) is 4.67. The number of carbonyl (C=O) groups excluding carboxylic acids is 2. The number of aromatic nitrogens is 1. The van der Waals surface area contributed by atoms with Gasteiger partial charge in [0.15, 0.2) is 9.84 Å². The van der Waals surface area contributed by atoms with Crippen LogP contribution < -0.4 is 16.4 Å². The van der Waals surface area contributed by atoms with Crippen LogP contribution in [0.25, 0.3) is 22.8 Å². The van der Waals surface area contributed by atoms with Gasteiger partial charge in [-0.3, -0.25) is 4.79 Å². The first kappa shape index (κ1) is 19.5. The second kappa shape index (κ2) is 7.20. The largest absolute Gasteiger partial charge is 0.361 e. The Bertz CT molecular complexity index is 1310. The van der Waals surface area contributed by atoms with Crippen molar-refractivity contribution >= 4 is 44.8 Å². The van der Waals surface area contributed by atoms with Crippen molar-refractivity contribution in [2.24, 2.45) is 5.73 Å². The third kappa shape index (κ3) is 3.83. The SMILES string of the molecule is CS(=O)(=O)c1ccc(-c2c[nH]c(/C=C3\C(=O)Nc4ccc(NC(N)=O)cc43)c2)cc1. The van der Waals surface area contributed by atoms with Crippen LogP contribution in [0.3, 0.4) is 0 Å². The zero-order chi connectivity index (χ0) is 21.5. The van der Waals surface area contributed by atoms with E-state index in [9.17, 15) is 18.0 Å². The Labute approximate surface area is 172 Å². The van der Waals surface area contributed by atoms with E-state index in [-0.39, 0.29) is 10.8 Å². The van der Waals surface area contributed by atoms with Crippen LogP contribution in [0.2, 0.25) is 0 Å². The van der Waals surface area contributed by atoms with Gasteiger partial charge in [0.25, 0.3) is 5.91 Å². The number of primary amides is 1. The summed E-state index contributed by atoms with van der Waals surface area (Å²) in [5, 5.41) is 5.28. The van der Waals surface area contributed by atoms with Crippen molar-refractivity contribution in [1.29, 1.82) is 0 Å². The van der Waals surface area contributed by atoms with Gasteiger partial charge in [-0.2, -0.15) is 0 Å². The zero-order valence-electron chi connectivity index (χ0n) is 15.9. The molecule has 0 unspecified atom stereocenters. The van der Waals surface area contributed by atoms with Crippen molar-refractivity contribution in [1.82, 2.24) is 4.98 Å². The molecule has 8 nitrogen and oxygen atoms in total. The summed E-state index contributed by atoms with van der Waals surface area (Å²) in [6.07, 6.45) is 4.65. The lowest BCUT2D eigenvalue weighted by Crippen LogP contribution is -2.19. The van der Waals surface area contributed by atoms with E-state index in [0.29, 0.717) is 28.2 Å². The zero-order valence-corrected chi connectivity index (χ0v) is 16.7. The highest BCUT2D eigenvalue weighted by Gasteiger charge is 2.24. The maximum Gasteiger partial charge on any atom is 0.316 e. The van der Waals surface area contributed by atoms with Gasteiger partial charge in [-0.15, -0.1) is 0 Å². The number of nitrogens with one attached hydrogen (secondary N) is 3. The summed E-state index contributed by atoms with van der Waals surface area (Å²) in [4.78, 5) is 26.9. The lowest BCUT2D eigenvalue weighted by atomic mass is 10.0. The second-order valence-electron chi connectivity index (χ2n) is 6.90. The molecule has 30 heavy (non-hydrogen) atoms. The number of fused-ring (bicyclic) bond motifs is 1. The van der Waals surface area contributed by atoms with E-state index in [1.54, 1.807) is 54.7 Å². The first-order valence-electron chi connectivity index (χ1n) is 8.93. The smallest absolute Gasteiger partial charge is 0.316 e. The Morgan fingerprint density at radius 1 is 1.07 bits per heavy atom. The number of carbonyl (C=O) groups is 2. The molecule has 152 valence electrons. The normalized spacial score (nSPS) is 14.4. The number of anilines is 2. The van der Waals surface area contributed by atoms with E-state index >= 15 is 0 Å². The summed E-state index contributed by atoms with van der Waals surface area (Å²) in [5.74, 6) is -0.255. The molecule has 2 aromatic carbocycles. The molecule has 0 fully saturated rings. The standard InChI is InChI=1S/C21H18N4O4S/c1-30(28,29)16-5-2-12(3-6-16)13-8-15(23-11-13)10-18-17-9-14(24-21(22)27)4-7-19(17)25-20(18)26/h2-11,23H,1H3,(H,25,26)(H3,22,24,27)/b18-10-. The molecule has 5 N–H and O–H groups in total. The van der Waals surface area contributed by atoms with Crippen molar-refractivity contribution in [3.63, 3.8) is 0 Å². The van der Waals surface area contributed by atoms with Crippen LogP contribution >= 0.6 is 0 Å². The van der Waals surface area contributed by atoms with Crippen LogP contribution in [0.1, 0.15) is 11.3 Å². The molecule has 0 aliphatic carbocycles. The maximum absolute atomic E-state index is 12.4. The average molecular weight is 422 g/mol. The molecular formula is C21H18N4O4S.